The van der Waals surface area contributed by atoms with E-state index in [0.717, 1.165) is 0 Å². The van der Waals surface area contributed by atoms with Gasteiger partial charge in [0, 0.05) is 0 Å². The molecule has 0 amide bonds. The molecule has 0 aliphatic carbocycles. The molecule has 0 spiro atoms. The number of rotatable bonds is 4. The molecule has 0 aromatic carbocycles. The lowest BCUT2D eigenvalue weighted by Crippen LogP contribution is -2.62. The molecule has 1 N–H and O–H groups in total. The van der Waals surface area contributed by atoms with Crippen LogP contribution in [0.4, 0.5) is 30.7 Å². The lowest BCUT2D eigenvalue weighted by atomic mass is 9.88. The zero-order valence-corrected chi connectivity index (χ0v) is 8.51. The van der Waals surface area contributed by atoms with Crippen molar-refractivity contribution in [1.29, 1.82) is 0 Å². The number of alkyl halides is 7. The van der Waals surface area contributed by atoms with E-state index in [4.69, 9.17) is 5.11 Å². The van der Waals surface area contributed by atoms with E-state index in [9.17, 15) is 30.7 Å². The molecule has 0 fully saturated rings. The predicted octanol–water partition coefficient (Wildman–Crippen LogP) is 3.37. The highest BCUT2D eigenvalue weighted by molar-refractivity contribution is 5.02. The highest BCUT2D eigenvalue weighted by Crippen LogP contribution is 2.52. The summed E-state index contributed by atoms with van der Waals surface area (Å²) in [6.07, 6.45) is -7.43. The Hall–Kier alpha value is -0.530. The van der Waals surface area contributed by atoms with Gasteiger partial charge >= 0.3 is 18.0 Å². The van der Waals surface area contributed by atoms with Crippen molar-refractivity contribution in [3.8, 4) is 0 Å². The Morgan fingerprint density at radius 1 is 0.875 bits per heavy atom. The van der Waals surface area contributed by atoms with Gasteiger partial charge in [0.2, 0.25) is 0 Å². The van der Waals surface area contributed by atoms with Gasteiger partial charge < -0.3 is 5.11 Å². The Balaban J connectivity index is 5.34. The normalized spacial score (nSPS) is 18.4. The maximum absolute atomic E-state index is 12.9. The van der Waals surface area contributed by atoms with Crippen molar-refractivity contribution in [2.45, 2.75) is 50.3 Å². The minimum Gasteiger partial charge on any atom is -0.384 e. The van der Waals surface area contributed by atoms with Gasteiger partial charge in [-0.15, -0.1) is 0 Å². The Bertz CT molecular complexity index is 243. The van der Waals surface area contributed by atoms with Crippen molar-refractivity contribution in [3.05, 3.63) is 0 Å². The first-order chi connectivity index (χ1) is 6.81. The number of halogens is 7. The van der Waals surface area contributed by atoms with Crippen LogP contribution in [0.3, 0.4) is 0 Å². The minimum atomic E-state index is -6.41. The molecule has 0 rings (SSSR count). The van der Waals surface area contributed by atoms with Crippen LogP contribution in [0.25, 0.3) is 0 Å². The summed E-state index contributed by atoms with van der Waals surface area (Å²) in [6, 6.07) is 0. The van der Waals surface area contributed by atoms with Gasteiger partial charge in [-0.05, 0) is 13.3 Å². The molecule has 0 saturated heterocycles. The summed E-state index contributed by atoms with van der Waals surface area (Å²) in [5.41, 5.74) is -3.42. The standard InChI is InChI=1S/C8H11F7O/c1-3-4-5(2,16)6(9,10)7(11,12)8(13,14)15/h16H,3-4H2,1-2H3. The third kappa shape index (κ3) is 2.26. The second kappa shape index (κ2) is 4.05. The minimum absolute atomic E-state index is 0.156. The van der Waals surface area contributed by atoms with Crippen LogP contribution >= 0.6 is 0 Å². The van der Waals surface area contributed by atoms with Crippen molar-refractivity contribution in [2.24, 2.45) is 0 Å². The van der Waals surface area contributed by atoms with Gasteiger partial charge in [-0.2, -0.15) is 30.7 Å². The first kappa shape index (κ1) is 15.5. The number of hydrogen-bond donors (Lipinski definition) is 1. The van der Waals surface area contributed by atoms with Crippen molar-refractivity contribution in [1.82, 2.24) is 0 Å². The molecule has 0 aliphatic heterocycles. The van der Waals surface area contributed by atoms with Crippen LogP contribution in [0.1, 0.15) is 26.7 Å². The van der Waals surface area contributed by atoms with Crippen LogP contribution in [0.2, 0.25) is 0 Å². The first-order valence-electron chi connectivity index (χ1n) is 4.36. The quantitative estimate of drug-likeness (QED) is 0.764. The molecule has 1 atom stereocenters. The molecule has 16 heavy (non-hydrogen) atoms. The molecule has 0 aromatic rings. The molecule has 0 heterocycles. The fourth-order valence-corrected chi connectivity index (χ4v) is 1.16. The summed E-state index contributed by atoms with van der Waals surface area (Å²) >= 11 is 0. The Kier molecular flexibility index (Phi) is 3.91. The summed E-state index contributed by atoms with van der Waals surface area (Å²) in [5, 5.41) is 9.01. The molecular weight excluding hydrogens is 245 g/mol. The lowest BCUT2D eigenvalue weighted by Gasteiger charge is -2.38. The average Bonchev–Trinajstić information content (AvgIpc) is 2.01. The molecule has 0 aliphatic rings. The molecule has 8 heteroatoms. The topological polar surface area (TPSA) is 20.2 Å². The predicted molar refractivity (Wildman–Crippen MR) is 41.5 cm³/mol. The van der Waals surface area contributed by atoms with Gasteiger partial charge in [-0.1, -0.05) is 13.3 Å². The van der Waals surface area contributed by atoms with Gasteiger partial charge in [0.1, 0.15) is 5.60 Å². The van der Waals surface area contributed by atoms with Gasteiger partial charge in [0.15, 0.2) is 0 Å². The summed E-state index contributed by atoms with van der Waals surface area (Å²) in [6.45, 7) is 1.53. The smallest absolute Gasteiger partial charge is 0.384 e. The molecule has 1 nitrogen and oxygen atoms in total. The second-order valence-corrected chi connectivity index (χ2v) is 3.67. The maximum Gasteiger partial charge on any atom is 0.459 e. The molecular formula is C8H11F7O. The first-order valence-corrected chi connectivity index (χ1v) is 4.36. The van der Waals surface area contributed by atoms with Crippen molar-refractivity contribution < 1.29 is 35.8 Å². The Labute approximate surface area is 87.2 Å². The summed E-state index contributed by atoms with van der Waals surface area (Å²) < 4.78 is 86.1. The Morgan fingerprint density at radius 3 is 1.50 bits per heavy atom. The monoisotopic (exact) mass is 256 g/mol. The average molecular weight is 256 g/mol. The van der Waals surface area contributed by atoms with Crippen molar-refractivity contribution in [2.75, 3.05) is 0 Å². The van der Waals surface area contributed by atoms with E-state index < -0.39 is 30.0 Å². The zero-order valence-electron chi connectivity index (χ0n) is 8.51. The summed E-state index contributed by atoms with van der Waals surface area (Å²) in [4.78, 5) is 0. The summed E-state index contributed by atoms with van der Waals surface area (Å²) in [7, 11) is 0. The van der Waals surface area contributed by atoms with Crippen LogP contribution in [-0.2, 0) is 0 Å². The van der Waals surface area contributed by atoms with Gasteiger partial charge in [-0.3, -0.25) is 0 Å². The van der Waals surface area contributed by atoms with Gasteiger partial charge in [0.25, 0.3) is 0 Å². The van der Waals surface area contributed by atoms with Crippen LogP contribution in [0, 0.1) is 0 Å². The highest BCUT2D eigenvalue weighted by Gasteiger charge is 2.78. The van der Waals surface area contributed by atoms with Crippen LogP contribution < -0.4 is 0 Å². The maximum atomic E-state index is 12.9. The molecule has 98 valence electrons. The van der Waals surface area contributed by atoms with Crippen molar-refractivity contribution >= 4 is 0 Å². The van der Waals surface area contributed by atoms with E-state index in [1.165, 1.54) is 6.92 Å². The van der Waals surface area contributed by atoms with Gasteiger partial charge in [-0.25, -0.2) is 0 Å². The number of aliphatic hydroxyl groups is 1. The van der Waals surface area contributed by atoms with E-state index in [1.54, 1.807) is 0 Å². The van der Waals surface area contributed by atoms with Crippen molar-refractivity contribution in [3.63, 3.8) is 0 Å². The van der Waals surface area contributed by atoms with E-state index in [0.29, 0.717) is 0 Å². The van der Waals surface area contributed by atoms with Gasteiger partial charge in [0.05, 0.1) is 0 Å². The largest absolute Gasteiger partial charge is 0.459 e. The fraction of sp³-hybridized carbons (Fsp3) is 1.00. The van der Waals surface area contributed by atoms with Crippen LogP contribution in [0.15, 0.2) is 0 Å². The van der Waals surface area contributed by atoms with E-state index in [2.05, 4.69) is 0 Å². The molecule has 0 saturated carbocycles. The summed E-state index contributed by atoms with van der Waals surface area (Å²) in [5.74, 6) is -11.8. The van der Waals surface area contributed by atoms with Crippen LogP contribution in [-0.4, -0.2) is 28.7 Å². The van der Waals surface area contributed by atoms with Crippen LogP contribution in [0.5, 0.6) is 0 Å². The zero-order chi connectivity index (χ0) is 13.4. The SMILES string of the molecule is CCCC(C)(O)C(F)(F)C(F)(F)C(F)(F)F. The van der Waals surface area contributed by atoms with E-state index in [-0.39, 0.29) is 13.3 Å². The molecule has 1 unspecified atom stereocenters. The third-order valence-electron chi connectivity index (χ3n) is 2.16. The Morgan fingerprint density at radius 2 is 1.25 bits per heavy atom. The fourth-order valence-electron chi connectivity index (χ4n) is 1.16. The molecule has 0 bridgehead atoms. The second-order valence-electron chi connectivity index (χ2n) is 3.67. The molecule has 0 aromatic heterocycles. The van der Waals surface area contributed by atoms with E-state index >= 15 is 0 Å². The molecule has 0 radical (unpaired) electrons. The van der Waals surface area contributed by atoms with E-state index in [1.807, 2.05) is 0 Å². The highest BCUT2D eigenvalue weighted by atomic mass is 19.4. The third-order valence-corrected chi connectivity index (χ3v) is 2.16. The number of hydrogen-bond acceptors (Lipinski definition) is 1. The lowest BCUT2D eigenvalue weighted by molar-refractivity contribution is -0.386.